The van der Waals surface area contributed by atoms with E-state index < -0.39 is 0 Å². The van der Waals surface area contributed by atoms with E-state index in [9.17, 15) is 9.59 Å². The minimum Gasteiger partial charge on any atom is -0.361 e. The number of benzene rings is 1. The number of nitrogens with zero attached hydrogens (tertiary/aromatic N) is 1. The zero-order valence-electron chi connectivity index (χ0n) is 11.4. The Labute approximate surface area is 130 Å². The molecule has 0 aliphatic heterocycles. The van der Waals surface area contributed by atoms with Crippen molar-refractivity contribution in [3.8, 4) is 0 Å². The second-order valence-electron chi connectivity index (χ2n) is 4.34. The first-order valence-corrected chi connectivity index (χ1v) is 7.11. The van der Waals surface area contributed by atoms with Crippen molar-refractivity contribution in [2.75, 3.05) is 13.1 Å². The third-order valence-electron chi connectivity index (χ3n) is 2.66. The molecule has 0 radical (unpaired) electrons. The summed E-state index contributed by atoms with van der Waals surface area (Å²) in [5, 5.41) is 8.97. The molecule has 0 bridgehead atoms. The van der Waals surface area contributed by atoms with Crippen LogP contribution < -0.4 is 10.6 Å². The summed E-state index contributed by atoms with van der Waals surface area (Å²) in [6.07, 6.45) is 0. The van der Waals surface area contributed by atoms with Crippen molar-refractivity contribution in [2.24, 2.45) is 0 Å². The lowest BCUT2D eigenvalue weighted by Crippen LogP contribution is -2.34. The topological polar surface area (TPSA) is 84.2 Å². The molecule has 2 amide bonds. The quantitative estimate of drug-likeness (QED) is 0.805. The molecule has 2 N–H and O–H groups in total. The standard InChI is InChI=1S/C14H14BrN3O3/c1-9-8-12(18-21-9)14(20)17-7-6-16-13(19)10-2-4-11(15)5-3-10/h2-5,8H,6-7H2,1H3,(H,16,19)(H,17,20). The fraction of sp³-hybridized carbons (Fsp3) is 0.214. The van der Waals surface area contributed by atoms with Crippen molar-refractivity contribution >= 4 is 27.7 Å². The zero-order valence-corrected chi connectivity index (χ0v) is 12.9. The number of carbonyl (C=O) groups is 2. The van der Waals surface area contributed by atoms with Gasteiger partial charge in [-0.25, -0.2) is 0 Å². The summed E-state index contributed by atoms with van der Waals surface area (Å²) in [6.45, 7) is 2.35. The summed E-state index contributed by atoms with van der Waals surface area (Å²) < 4.78 is 5.72. The van der Waals surface area contributed by atoms with Crippen molar-refractivity contribution < 1.29 is 14.1 Å². The number of hydrogen-bond donors (Lipinski definition) is 2. The molecular formula is C14H14BrN3O3. The van der Waals surface area contributed by atoms with Gasteiger partial charge in [-0.05, 0) is 31.2 Å². The minimum absolute atomic E-state index is 0.186. The highest BCUT2D eigenvalue weighted by Crippen LogP contribution is 2.10. The number of aryl methyl sites for hydroxylation is 1. The van der Waals surface area contributed by atoms with Gasteiger partial charge in [-0.15, -0.1) is 0 Å². The summed E-state index contributed by atoms with van der Waals surface area (Å²) in [7, 11) is 0. The van der Waals surface area contributed by atoms with Crippen LogP contribution in [0.3, 0.4) is 0 Å². The third-order valence-corrected chi connectivity index (χ3v) is 3.19. The summed E-state index contributed by atoms with van der Waals surface area (Å²) in [5.74, 6) is 0.0578. The average molecular weight is 352 g/mol. The Morgan fingerprint density at radius 2 is 1.76 bits per heavy atom. The van der Waals surface area contributed by atoms with Crippen molar-refractivity contribution in [1.82, 2.24) is 15.8 Å². The van der Waals surface area contributed by atoms with Crippen LogP contribution in [0, 0.1) is 6.92 Å². The maximum absolute atomic E-state index is 11.8. The van der Waals surface area contributed by atoms with Crippen molar-refractivity contribution in [1.29, 1.82) is 0 Å². The van der Waals surface area contributed by atoms with Crippen molar-refractivity contribution in [3.05, 3.63) is 51.8 Å². The van der Waals surface area contributed by atoms with E-state index in [0.717, 1.165) is 4.47 Å². The van der Waals surface area contributed by atoms with Crippen molar-refractivity contribution in [2.45, 2.75) is 6.92 Å². The fourth-order valence-electron chi connectivity index (χ4n) is 1.62. The van der Waals surface area contributed by atoms with Gasteiger partial charge in [0.15, 0.2) is 5.69 Å². The lowest BCUT2D eigenvalue weighted by molar-refractivity contribution is 0.0922. The summed E-state index contributed by atoms with van der Waals surface area (Å²) in [4.78, 5) is 23.5. The second-order valence-corrected chi connectivity index (χ2v) is 5.26. The fourth-order valence-corrected chi connectivity index (χ4v) is 1.88. The van der Waals surface area contributed by atoms with Crippen LogP contribution in [0.15, 0.2) is 39.3 Å². The van der Waals surface area contributed by atoms with E-state index in [1.54, 1.807) is 37.3 Å². The molecule has 0 atom stereocenters. The molecule has 7 heteroatoms. The number of nitrogens with one attached hydrogen (secondary N) is 2. The predicted molar refractivity (Wildman–Crippen MR) is 80.0 cm³/mol. The summed E-state index contributed by atoms with van der Waals surface area (Å²) in [5.41, 5.74) is 0.795. The molecule has 0 spiro atoms. The molecule has 0 unspecified atom stereocenters. The summed E-state index contributed by atoms with van der Waals surface area (Å²) >= 11 is 3.31. The van der Waals surface area contributed by atoms with E-state index in [1.807, 2.05) is 0 Å². The third kappa shape index (κ3) is 4.42. The lowest BCUT2D eigenvalue weighted by atomic mass is 10.2. The molecule has 1 aromatic carbocycles. The smallest absolute Gasteiger partial charge is 0.273 e. The molecule has 21 heavy (non-hydrogen) atoms. The molecule has 6 nitrogen and oxygen atoms in total. The van der Waals surface area contributed by atoms with Gasteiger partial charge in [0.2, 0.25) is 0 Å². The molecule has 1 aromatic heterocycles. The summed E-state index contributed by atoms with van der Waals surface area (Å²) in [6, 6.07) is 8.58. The van der Waals surface area contributed by atoms with Gasteiger partial charge in [-0.1, -0.05) is 21.1 Å². The second kappa shape index (κ2) is 7.03. The van der Waals surface area contributed by atoms with Gasteiger partial charge < -0.3 is 15.2 Å². The maximum atomic E-state index is 11.8. The SMILES string of the molecule is Cc1cc(C(=O)NCCNC(=O)c2ccc(Br)cc2)no1. The van der Waals surface area contributed by atoms with Crippen LogP contribution in [0.25, 0.3) is 0 Å². The van der Waals surface area contributed by atoms with Crippen LogP contribution in [0.2, 0.25) is 0 Å². The molecule has 0 aliphatic carbocycles. The number of halogens is 1. The number of rotatable bonds is 5. The van der Waals surface area contributed by atoms with Crippen LogP contribution in [0.4, 0.5) is 0 Å². The number of aromatic nitrogens is 1. The highest BCUT2D eigenvalue weighted by atomic mass is 79.9. The zero-order chi connectivity index (χ0) is 15.2. The van der Waals surface area contributed by atoms with Crippen LogP contribution in [0.1, 0.15) is 26.6 Å². The highest BCUT2D eigenvalue weighted by molar-refractivity contribution is 9.10. The van der Waals surface area contributed by atoms with Gasteiger partial charge in [-0.2, -0.15) is 0 Å². The molecule has 2 aromatic rings. The van der Waals surface area contributed by atoms with Crippen molar-refractivity contribution in [3.63, 3.8) is 0 Å². The van der Waals surface area contributed by atoms with Gasteiger partial charge in [-0.3, -0.25) is 9.59 Å². The molecule has 0 saturated heterocycles. The maximum Gasteiger partial charge on any atom is 0.273 e. The van der Waals surface area contributed by atoms with E-state index in [4.69, 9.17) is 4.52 Å². The molecule has 0 saturated carbocycles. The Kier molecular flexibility index (Phi) is 5.10. The Bertz CT molecular complexity index is 637. The Morgan fingerprint density at radius 3 is 2.33 bits per heavy atom. The van der Waals surface area contributed by atoms with Crippen LogP contribution in [-0.2, 0) is 0 Å². The molecule has 110 valence electrons. The van der Waals surface area contributed by atoms with Gasteiger partial charge >= 0.3 is 0 Å². The van der Waals surface area contributed by atoms with Crippen LogP contribution in [0.5, 0.6) is 0 Å². The highest BCUT2D eigenvalue weighted by Gasteiger charge is 2.10. The molecule has 0 aliphatic rings. The number of amides is 2. The first-order chi connectivity index (χ1) is 10.1. The normalized spacial score (nSPS) is 10.2. The average Bonchev–Trinajstić information content (AvgIpc) is 2.90. The number of carbonyl (C=O) groups excluding carboxylic acids is 2. The molecule has 0 fully saturated rings. The minimum atomic E-state index is -0.329. The largest absolute Gasteiger partial charge is 0.361 e. The van der Waals surface area contributed by atoms with Gasteiger partial charge in [0.25, 0.3) is 11.8 Å². The van der Waals surface area contributed by atoms with E-state index in [-0.39, 0.29) is 17.5 Å². The van der Waals surface area contributed by atoms with Crippen LogP contribution in [-0.4, -0.2) is 30.1 Å². The first kappa shape index (κ1) is 15.2. The molecule has 1 heterocycles. The molecular weight excluding hydrogens is 338 g/mol. The van der Waals surface area contributed by atoms with Crippen LogP contribution >= 0.6 is 15.9 Å². The Balaban J connectivity index is 1.73. The molecule has 2 rings (SSSR count). The van der Waals surface area contributed by atoms with Gasteiger partial charge in [0.1, 0.15) is 5.76 Å². The lowest BCUT2D eigenvalue weighted by Gasteiger charge is -2.06. The van der Waals surface area contributed by atoms with E-state index >= 15 is 0 Å². The predicted octanol–water partition coefficient (Wildman–Crippen LogP) is 1.91. The van der Waals surface area contributed by atoms with E-state index in [1.165, 1.54) is 0 Å². The number of hydrogen-bond acceptors (Lipinski definition) is 4. The Morgan fingerprint density at radius 1 is 1.14 bits per heavy atom. The van der Waals surface area contributed by atoms with Gasteiger partial charge in [0, 0.05) is 29.2 Å². The van der Waals surface area contributed by atoms with E-state index in [0.29, 0.717) is 24.4 Å². The Hall–Kier alpha value is -2.15. The van der Waals surface area contributed by atoms with E-state index in [2.05, 4.69) is 31.7 Å². The van der Waals surface area contributed by atoms with Gasteiger partial charge in [0.05, 0.1) is 0 Å². The monoisotopic (exact) mass is 351 g/mol. The first-order valence-electron chi connectivity index (χ1n) is 6.31.